The summed E-state index contributed by atoms with van der Waals surface area (Å²) in [5.74, 6) is -0.483. The monoisotopic (exact) mass is 178 g/mol. The van der Waals surface area contributed by atoms with Crippen LogP contribution in [0.15, 0.2) is 23.6 Å². The van der Waals surface area contributed by atoms with E-state index in [0.29, 0.717) is 5.69 Å². The molecule has 0 aromatic carbocycles. The van der Waals surface area contributed by atoms with Crippen molar-refractivity contribution < 1.29 is 4.79 Å². The van der Waals surface area contributed by atoms with Crippen molar-refractivity contribution in [3.05, 3.63) is 29.3 Å². The van der Waals surface area contributed by atoms with Gasteiger partial charge in [0.15, 0.2) is 0 Å². The number of primary amides is 1. The second-order valence-corrected chi connectivity index (χ2v) is 3.31. The van der Waals surface area contributed by atoms with E-state index in [-0.39, 0.29) is 0 Å². The predicted molar refractivity (Wildman–Crippen MR) is 48.1 cm³/mol. The number of nitrogens with zero attached hydrogens (tertiary/aromatic N) is 1. The van der Waals surface area contributed by atoms with Gasteiger partial charge in [0.1, 0.15) is 5.69 Å². The normalized spacial score (nSPS) is 10.3. The van der Waals surface area contributed by atoms with Crippen molar-refractivity contribution >= 4 is 27.5 Å². The van der Waals surface area contributed by atoms with Crippen LogP contribution in [0.5, 0.6) is 0 Å². The largest absolute Gasteiger partial charge is 0.364 e. The highest BCUT2D eigenvalue weighted by Gasteiger charge is 2.02. The van der Waals surface area contributed by atoms with Gasteiger partial charge in [-0.3, -0.25) is 4.79 Å². The summed E-state index contributed by atoms with van der Waals surface area (Å²) in [6, 6.07) is 5.36. The summed E-state index contributed by atoms with van der Waals surface area (Å²) in [5, 5.41) is 1.93. The molecule has 2 aromatic rings. The number of aromatic nitrogens is 1. The number of fused-ring (bicyclic) bond motifs is 1. The highest BCUT2D eigenvalue weighted by molar-refractivity contribution is 7.17. The Bertz CT molecular complexity index is 435. The summed E-state index contributed by atoms with van der Waals surface area (Å²) in [7, 11) is 0. The van der Waals surface area contributed by atoms with Gasteiger partial charge in [-0.1, -0.05) is 0 Å². The van der Waals surface area contributed by atoms with Crippen molar-refractivity contribution in [3.63, 3.8) is 0 Å². The summed E-state index contributed by atoms with van der Waals surface area (Å²) in [6.45, 7) is 0. The molecule has 2 heterocycles. The van der Waals surface area contributed by atoms with Crippen LogP contribution < -0.4 is 5.73 Å². The van der Waals surface area contributed by atoms with E-state index in [0.717, 1.165) is 10.2 Å². The lowest BCUT2D eigenvalue weighted by atomic mass is 10.3. The van der Waals surface area contributed by atoms with Crippen LogP contribution in [0, 0.1) is 0 Å². The number of thiophene rings is 1. The fourth-order valence-electron chi connectivity index (χ4n) is 0.990. The molecule has 2 aromatic heterocycles. The van der Waals surface area contributed by atoms with Crippen molar-refractivity contribution in [2.24, 2.45) is 5.73 Å². The number of carbonyl (C=O) groups is 1. The first kappa shape index (κ1) is 7.24. The standard InChI is InChI=1S/C8H6N2OS/c9-8(11)6-1-2-7-5(10-6)3-4-12-7/h1-4H,(H2,9,11). The Hall–Kier alpha value is -1.42. The average Bonchev–Trinajstić information content (AvgIpc) is 2.49. The van der Waals surface area contributed by atoms with Crippen molar-refractivity contribution in [1.29, 1.82) is 0 Å². The van der Waals surface area contributed by atoms with E-state index in [1.54, 1.807) is 17.4 Å². The molecule has 2 rings (SSSR count). The smallest absolute Gasteiger partial charge is 0.267 e. The average molecular weight is 178 g/mol. The first-order valence-electron chi connectivity index (χ1n) is 3.41. The number of hydrogen-bond donors (Lipinski definition) is 1. The molecule has 0 unspecified atom stereocenters. The molecule has 0 fully saturated rings. The minimum absolute atomic E-state index is 0.320. The first-order valence-corrected chi connectivity index (χ1v) is 4.29. The van der Waals surface area contributed by atoms with E-state index in [1.165, 1.54) is 0 Å². The van der Waals surface area contributed by atoms with E-state index in [9.17, 15) is 4.79 Å². The topological polar surface area (TPSA) is 56.0 Å². The molecule has 0 saturated heterocycles. The van der Waals surface area contributed by atoms with E-state index >= 15 is 0 Å². The Kier molecular flexibility index (Phi) is 1.55. The van der Waals surface area contributed by atoms with E-state index in [4.69, 9.17) is 5.73 Å². The molecule has 0 spiro atoms. The van der Waals surface area contributed by atoms with Gasteiger partial charge in [-0.15, -0.1) is 11.3 Å². The molecule has 2 N–H and O–H groups in total. The molecule has 0 bridgehead atoms. The van der Waals surface area contributed by atoms with Crippen LogP contribution in [-0.2, 0) is 0 Å². The van der Waals surface area contributed by atoms with Crippen molar-refractivity contribution in [2.75, 3.05) is 0 Å². The summed E-state index contributed by atoms with van der Waals surface area (Å²) >= 11 is 1.59. The van der Waals surface area contributed by atoms with Gasteiger partial charge >= 0.3 is 0 Å². The van der Waals surface area contributed by atoms with Crippen LogP contribution in [0.3, 0.4) is 0 Å². The molecule has 0 saturated carbocycles. The summed E-state index contributed by atoms with van der Waals surface area (Å²) < 4.78 is 1.07. The number of carbonyl (C=O) groups excluding carboxylic acids is 1. The molecule has 60 valence electrons. The minimum atomic E-state index is -0.483. The number of nitrogens with two attached hydrogens (primary N) is 1. The van der Waals surface area contributed by atoms with Gasteiger partial charge in [-0.2, -0.15) is 0 Å². The molecular weight excluding hydrogens is 172 g/mol. The number of amides is 1. The van der Waals surface area contributed by atoms with Gasteiger partial charge in [0, 0.05) is 0 Å². The maximum atomic E-state index is 10.7. The van der Waals surface area contributed by atoms with E-state index in [1.807, 2.05) is 17.5 Å². The fraction of sp³-hybridized carbons (Fsp3) is 0. The molecule has 12 heavy (non-hydrogen) atoms. The predicted octanol–water partition coefficient (Wildman–Crippen LogP) is 1.40. The van der Waals surface area contributed by atoms with Crippen molar-refractivity contribution in [3.8, 4) is 0 Å². The quantitative estimate of drug-likeness (QED) is 0.717. The van der Waals surface area contributed by atoms with Crippen molar-refractivity contribution in [2.45, 2.75) is 0 Å². The SMILES string of the molecule is NC(=O)c1ccc2sccc2n1. The van der Waals surface area contributed by atoms with E-state index in [2.05, 4.69) is 4.98 Å². The Morgan fingerprint density at radius 3 is 3.00 bits per heavy atom. The fourth-order valence-corrected chi connectivity index (χ4v) is 1.71. The zero-order valence-electron chi connectivity index (χ0n) is 6.15. The third kappa shape index (κ3) is 1.06. The van der Waals surface area contributed by atoms with Crippen LogP contribution in [0.2, 0.25) is 0 Å². The molecule has 0 aliphatic heterocycles. The third-order valence-electron chi connectivity index (χ3n) is 1.56. The van der Waals surface area contributed by atoms with Gasteiger partial charge in [0.05, 0.1) is 10.2 Å². The zero-order valence-corrected chi connectivity index (χ0v) is 6.97. The first-order chi connectivity index (χ1) is 5.77. The summed E-state index contributed by atoms with van der Waals surface area (Å²) in [6.07, 6.45) is 0. The number of rotatable bonds is 1. The maximum Gasteiger partial charge on any atom is 0.267 e. The molecule has 0 aliphatic rings. The Morgan fingerprint density at radius 2 is 2.25 bits per heavy atom. The van der Waals surface area contributed by atoms with Crippen molar-refractivity contribution in [1.82, 2.24) is 4.98 Å². The summed E-state index contributed by atoms with van der Waals surface area (Å²) in [4.78, 5) is 14.8. The van der Waals surface area contributed by atoms with Crippen LogP contribution >= 0.6 is 11.3 Å². The summed E-state index contributed by atoms with van der Waals surface area (Å²) in [5.41, 5.74) is 6.23. The van der Waals surface area contributed by atoms with Crippen LogP contribution in [0.1, 0.15) is 10.5 Å². The second kappa shape index (κ2) is 2.57. The van der Waals surface area contributed by atoms with Gasteiger partial charge in [0.25, 0.3) is 5.91 Å². The van der Waals surface area contributed by atoms with Gasteiger partial charge in [0.2, 0.25) is 0 Å². The van der Waals surface area contributed by atoms with Gasteiger partial charge in [-0.25, -0.2) is 4.98 Å². The molecule has 1 amide bonds. The molecule has 4 heteroatoms. The maximum absolute atomic E-state index is 10.7. The highest BCUT2D eigenvalue weighted by atomic mass is 32.1. The number of hydrogen-bond acceptors (Lipinski definition) is 3. The lowest BCUT2D eigenvalue weighted by Crippen LogP contribution is -2.12. The van der Waals surface area contributed by atoms with Gasteiger partial charge < -0.3 is 5.73 Å². The molecule has 0 atom stereocenters. The lowest BCUT2D eigenvalue weighted by Gasteiger charge is -1.93. The number of pyridine rings is 1. The Labute approximate surface area is 72.8 Å². The minimum Gasteiger partial charge on any atom is -0.364 e. The molecule has 3 nitrogen and oxygen atoms in total. The zero-order chi connectivity index (χ0) is 8.55. The molecular formula is C8H6N2OS. The molecule has 0 aliphatic carbocycles. The highest BCUT2D eigenvalue weighted by Crippen LogP contribution is 2.18. The second-order valence-electron chi connectivity index (χ2n) is 2.36. The Morgan fingerprint density at radius 1 is 1.42 bits per heavy atom. The van der Waals surface area contributed by atoms with E-state index < -0.39 is 5.91 Å². The molecule has 0 radical (unpaired) electrons. The van der Waals surface area contributed by atoms with Gasteiger partial charge in [-0.05, 0) is 23.6 Å². The van der Waals surface area contributed by atoms with Crippen LogP contribution in [0.25, 0.3) is 10.2 Å². The third-order valence-corrected chi connectivity index (χ3v) is 2.43. The Balaban J connectivity index is 2.68. The van der Waals surface area contributed by atoms with Crippen LogP contribution in [0.4, 0.5) is 0 Å². The van der Waals surface area contributed by atoms with Crippen LogP contribution in [-0.4, -0.2) is 10.9 Å². The lowest BCUT2D eigenvalue weighted by molar-refractivity contribution is 0.0996.